The summed E-state index contributed by atoms with van der Waals surface area (Å²) in [6, 6.07) is 2.32. The predicted molar refractivity (Wildman–Crippen MR) is 76.1 cm³/mol. The molecule has 0 saturated heterocycles. The van der Waals surface area contributed by atoms with Crippen LogP contribution in [0.5, 0.6) is 5.75 Å². The summed E-state index contributed by atoms with van der Waals surface area (Å²) in [4.78, 5) is 22.6. The molecule has 0 spiro atoms. The second kappa shape index (κ2) is 8.08. The van der Waals surface area contributed by atoms with E-state index in [-0.39, 0.29) is 11.4 Å². The van der Waals surface area contributed by atoms with Gasteiger partial charge in [0.25, 0.3) is 0 Å². The lowest BCUT2D eigenvalue weighted by molar-refractivity contribution is -0.139. The lowest BCUT2D eigenvalue weighted by atomic mass is 10.2. The maximum atomic E-state index is 13.6. The summed E-state index contributed by atoms with van der Waals surface area (Å²) in [7, 11) is 0. The van der Waals surface area contributed by atoms with E-state index in [9.17, 15) is 14.0 Å². The van der Waals surface area contributed by atoms with Crippen molar-refractivity contribution in [3.05, 3.63) is 24.0 Å². The molecule has 1 rings (SSSR count). The first-order valence-electron chi connectivity index (χ1n) is 6.70. The molecule has 0 aromatic heterocycles. The number of nitrogens with one attached hydrogen (secondary N) is 2. The van der Waals surface area contributed by atoms with Crippen molar-refractivity contribution in [2.45, 2.75) is 32.7 Å². The fourth-order valence-corrected chi connectivity index (χ4v) is 1.72. The Balaban J connectivity index is 2.66. The lowest BCUT2D eigenvalue weighted by Crippen LogP contribution is -2.42. The first-order chi connectivity index (χ1) is 9.97. The highest BCUT2D eigenvalue weighted by Gasteiger charge is 2.18. The van der Waals surface area contributed by atoms with Gasteiger partial charge in [0.05, 0.1) is 6.61 Å². The van der Waals surface area contributed by atoms with Gasteiger partial charge in [-0.15, -0.1) is 0 Å². The number of carbonyl (C=O) groups is 2. The number of halogens is 1. The van der Waals surface area contributed by atoms with Crippen molar-refractivity contribution in [2.75, 3.05) is 11.9 Å². The Kier molecular flexibility index (Phi) is 6.45. The summed E-state index contributed by atoms with van der Waals surface area (Å²) < 4.78 is 18.7. The van der Waals surface area contributed by atoms with Crippen LogP contribution in [0.2, 0.25) is 0 Å². The van der Waals surface area contributed by atoms with Gasteiger partial charge in [0.2, 0.25) is 0 Å². The van der Waals surface area contributed by atoms with E-state index in [2.05, 4.69) is 10.6 Å². The van der Waals surface area contributed by atoms with Crippen LogP contribution in [0.25, 0.3) is 0 Å². The van der Waals surface area contributed by atoms with E-state index >= 15 is 0 Å². The molecule has 7 heteroatoms. The average Bonchev–Trinajstić information content (AvgIpc) is 2.41. The van der Waals surface area contributed by atoms with Crippen LogP contribution in [0.1, 0.15) is 26.7 Å². The van der Waals surface area contributed by atoms with Crippen LogP contribution in [-0.4, -0.2) is 29.8 Å². The molecule has 1 atom stereocenters. The molecule has 116 valence electrons. The zero-order chi connectivity index (χ0) is 15.8. The highest BCUT2D eigenvalue weighted by molar-refractivity contribution is 5.92. The van der Waals surface area contributed by atoms with Crippen molar-refractivity contribution in [1.29, 1.82) is 0 Å². The molecule has 0 bridgehead atoms. The van der Waals surface area contributed by atoms with Crippen LogP contribution in [-0.2, 0) is 4.79 Å². The summed E-state index contributed by atoms with van der Waals surface area (Å²) in [6.45, 7) is 3.89. The Hall–Kier alpha value is -2.31. The van der Waals surface area contributed by atoms with Crippen LogP contribution >= 0.6 is 0 Å². The Bertz CT molecular complexity index is 508. The monoisotopic (exact) mass is 298 g/mol. The van der Waals surface area contributed by atoms with Gasteiger partial charge in [0.15, 0.2) is 11.6 Å². The maximum absolute atomic E-state index is 13.6. The molecular weight excluding hydrogens is 279 g/mol. The van der Waals surface area contributed by atoms with Crippen molar-refractivity contribution >= 4 is 17.7 Å². The van der Waals surface area contributed by atoms with Crippen molar-refractivity contribution < 1.29 is 23.8 Å². The molecule has 1 aromatic rings. The standard InChI is InChI=1S/C14H19FN2O4/c1-3-5-11(13(18)19)17-14(20)16-9-6-7-12(21-4-2)10(15)8-9/h6-8,11H,3-5H2,1-2H3,(H,18,19)(H2,16,17,20)/t11-/m1/s1. The average molecular weight is 298 g/mol. The van der Waals surface area contributed by atoms with Crippen molar-refractivity contribution in [2.24, 2.45) is 0 Å². The molecule has 0 aliphatic heterocycles. The third-order valence-corrected chi connectivity index (χ3v) is 2.67. The van der Waals surface area contributed by atoms with Gasteiger partial charge in [-0.1, -0.05) is 13.3 Å². The lowest BCUT2D eigenvalue weighted by Gasteiger charge is -2.14. The molecule has 0 saturated carbocycles. The Morgan fingerprint density at radius 1 is 1.38 bits per heavy atom. The summed E-state index contributed by atoms with van der Waals surface area (Å²) in [5.41, 5.74) is 0.217. The van der Waals surface area contributed by atoms with Gasteiger partial charge in [-0.3, -0.25) is 0 Å². The molecule has 0 aliphatic carbocycles. The number of anilines is 1. The quantitative estimate of drug-likeness (QED) is 0.722. The number of carbonyl (C=O) groups excluding carboxylic acids is 1. The highest BCUT2D eigenvalue weighted by Crippen LogP contribution is 2.21. The van der Waals surface area contributed by atoms with Gasteiger partial charge in [-0.2, -0.15) is 0 Å². The number of hydrogen-bond donors (Lipinski definition) is 3. The molecule has 0 radical (unpaired) electrons. The van der Waals surface area contributed by atoms with Crippen LogP contribution in [0.4, 0.5) is 14.9 Å². The first-order valence-corrected chi connectivity index (χ1v) is 6.70. The fourth-order valence-electron chi connectivity index (χ4n) is 1.72. The topological polar surface area (TPSA) is 87.7 Å². The molecule has 21 heavy (non-hydrogen) atoms. The third-order valence-electron chi connectivity index (χ3n) is 2.67. The van der Waals surface area contributed by atoms with Crippen LogP contribution in [0, 0.1) is 5.82 Å². The molecular formula is C14H19FN2O4. The zero-order valence-corrected chi connectivity index (χ0v) is 12.0. The first kappa shape index (κ1) is 16.7. The number of rotatable bonds is 7. The van der Waals surface area contributed by atoms with E-state index in [4.69, 9.17) is 9.84 Å². The third kappa shape index (κ3) is 5.29. The van der Waals surface area contributed by atoms with Gasteiger partial charge >= 0.3 is 12.0 Å². The van der Waals surface area contributed by atoms with Gasteiger partial charge < -0.3 is 20.5 Å². The van der Waals surface area contributed by atoms with Crippen LogP contribution in [0.3, 0.4) is 0 Å². The number of hydrogen-bond acceptors (Lipinski definition) is 3. The zero-order valence-electron chi connectivity index (χ0n) is 12.0. The van der Waals surface area contributed by atoms with Gasteiger partial charge in [0, 0.05) is 11.8 Å². The van der Waals surface area contributed by atoms with E-state index in [1.54, 1.807) is 6.92 Å². The highest BCUT2D eigenvalue weighted by atomic mass is 19.1. The summed E-state index contributed by atoms with van der Waals surface area (Å²) >= 11 is 0. The number of urea groups is 1. The van der Waals surface area contributed by atoms with Crippen LogP contribution < -0.4 is 15.4 Å². The summed E-state index contributed by atoms with van der Waals surface area (Å²) in [5.74, 6) is -1.61. The largest absolute Gasteiger partial charge is 0.491 e. The van der Waals surface area contributed by atoms with Gasteiger partial charge in [0.1, 0.15) is 6.04 Å². The van der Waals surface area contributed by atoms with E-state index in [1.807, 2.05) is 6.92 Å². The molecule has 0 unspecified atom stereocenters. The Morgan fingerprint density at radius 3 is 2.62 bits per heavy atom. The SMILES string of the molecule is CCC[C@@H](NC(=O)Nc1ccc(OCC)c(F)c1)C(=O)O. The maximum Gasteiger partial charge on any atom is 0.326 e. The molecule has 0 aliphatic rings. The summed E-state index contributed by atoms with van der Waals surface area (Å²) in [5, 5.41) is 13.6. The van der Waals surface area contributed by atoms with Gasteiger partial charge in [-0.25, -0.2) is 14.0 Å². The number of carboxylic acid groups (broad SMARTS) is 1. The molecule has 0 fully saturated rings. The Labute approximate surface area is 122 Å². The molecule has 6 nitrogen and oxygen atoms in total. The second-order valence-corrected chi connectivity index (χ2v) is 4.36. The second-order valence-electron chi connectivity index (χ2n) is 4.36. The van der Waals surface area contributed by atoms with E-state index in [0.717, 1.165) is 6.07 Å². The molecule has 3 N–H and O–H groups in total. The number of amides is 2. The normalized spacial score (nSPS) is 11.6. The van der Waals surface area contributed by atoms with Crippen molar-refractivity contribution in [1.82, 2.24) is 5.32 Å². The van der Waals surface area contributed by atoms with Gasteiger partial charge in [-0.05, 0) is 25.5 Å². The van der Waals surface area contributed by atoms with Crippen molar-refractivity contribution in [3.8, 4) is 5.75 Å². The Morgan fingerprint density at radius 2 is 2.10 bits per heavy atom. The summed E-state index contributed by atoms with van der Waals surface area (Å²) in [6.07, 6.45) is 0.940. The predicted octanol–water partition coefficient (Wildman–Crippen LogP) is 2.60. The fraction of sp³-hybridized carbons (Fsp3) is 0.429. The van der Waals surface area contributed by atoms with E-state index < -0.39 is 23.9 Å². The van der Waals surface area contributed by atoms with Crippen LogP contribution in [0.15, 0.2) is 18.2 Å². The molecule has 0 heterocycles. The minimum absolute atomic E-state index is 0.0952. The van der Waals surface area contributed by atoms with E-state index in [0.29, 0.717) is 19.4 Å². The van der Waals surface area contributed by atoms with E-state index in [1.165, 1.54) is 12.1 Å². The number of benzene rings is 1. The number of ether oxygens (including phenoxy) is 1. The number of carboxylic acids is 1. The minimum Gasteiger partial charge on any atom is -0.491 e. The number of aliphatic carboxylic acids is 1. The molecule has 1 aromatic carbocycles. The molecule has 2 amide bonds. The van der Waals surface area contributed by atoms with Crippen molar-refractivity contribution in [3.63, 3.8) is 0 Å². The smallest absolute Gasteiger partial charge is 0.326 e. The minimum atomic E-state index is -1.11.